The van der Waals surface area contributed by atoms with Crippen LogP contribution < -0.4 is 0 Å². The average molecular weight is 366 g/mol. The molecule has 0 aliphatic heterocycles. The van der Waals surface area contributed by atoms with Crippen LogP contribution in [0.2, 0.25) is 5.15 Å². The van der Waals surface area contributed by atoms with Crippen LogP contribution in [0.1, 0.15) is 11.3 Å². The highest BCUT2D eigenvalue weighted by Crippen LogP contribution is 2.24. The topological polar surface area (TPSA) is 64.4 Å². The second-order valence-corrected chi connectivity index (χ2v) is 5.77. The molecule has 8 heteroatoms. The van der Waals surface area contributed by atoms with Crippen LogP contribution >= 0.6 is 11.6 Å². The summed E-state index contributed by atoms with van der Waals surface area (Å²) in [4.78, 5) is 24.4. The van der Waals surface area contributed by atoms with Crippen LogP contribution in [0.4, 0.5) is 4.39 Å². The molecule has 0 fully saturated rings. The summed E-state index contributed by atoms with van der Waals surface area (Å²) in [7, 11) is 3.14. The molecular weight excluding hydrogens is 349 g/mol. The van der Waals surface area contributed by atoms with Gasteiger partial charge >= 0.3 is 5.97 Å². The molecule has 2 rings (SSSR count). The lowest BCUT2D eigenvalue weighted by Gasteiger charge is -2.09. The Balaban J connectivity index is 2.13. The van der Waals surface area contributed by atoms with Crippen molar-refractivity contribution in [3.63, 3.8) is 0 Å². The predicted molar refractivity (Wildman–Crippen MR) is 92.0 cm³/mol. The van der Waals surface area contributed by atoms with Gasteiger partial charge < -0.3 is 9.64 Å². The summed E-state index contributed by atoms with van der Waals surface area (Å²) in [6.07, 6.45) is 2.64. The van der Waals surface area contributed by atoms with E-state index in [9.17, 15) is 14.0 Å². The molecule has 0 aliphatic rings. The summed E-state index contributed by atoms with van der Waals surface area (Å²) < 4.78 is 19.3. The number of esters is 1. The van der Waals surface area contributed by atoms with E-state index in [4.69, 9.17) is 16.3 Å². The minimum atomic E-state index is -0.666. The third kappa shape index (κ3) is 4.67. The maximum atomic E-state index is 13.0. The summed E-state index contributed by atoms with van der Waals surface area (Å²) in [5.41, 5.74) is 1.71. The summed E-state index contributed by atoms with van der Waals surface area (Å²) in [6, 6.07) is 5.69. The maximum absolute atomic E-state index is 13.0. The van der Waals surface area contributed by atoms with Crippen molar-refractivity contribution in [2.24, 2.45) is 0 Å². The van der Waals surface area contributed by atoms with Crippen LogP contribution in [0.25, 0.3) is 11.8 Å². The minimum Gasteiger partial charge on any atom is -0.452 e. The molecule has 1 aromatic heterocycles. The van der Waals surface area contributed by atoms with Crippen LogP contribution in [0, 0.1) is 12.7 Å². The molecule has 0 unspecified atom stereocenters. The van der Waals surface area contributed by atoms with Gasteiger partial charge in [0.1, 0.15) is 11.0 Å². The number of ether oxygens (including phenoxy) is 1. The largest absolute Gasteiger partial charge is 0.452 e. The van der Waals surface area contributed by atoms with Gasteiger partial charge in [0.25, 0.3) is 5.91 Å². The highest BCUT2D eigenvalue weighted by atomic mass is 35.5. The van der Waals surface area contributed by atoms with Crippen molar-refractivity contribution < 1.29 is 18.7 Å². The molecule has 132 valence electrons. The Morgan fingerprint density at radius 2 is 1.96 bits per heavy atom. The first-order valence-electron chi connectivity index (χ1n) is 7.35. The van der Waals surface area contributed by atoms with Crippen LogP contribution in [-0.2, 0) is 14.3 Å². The summed E-state index contributed by atoms with van der Waals surface area (Å²) in [6.45, 7) is 1.39. The first kappa shape index (κ1) is 18.7. The van der Waals surface area contributed by atoms with Crippen molar-refractivity contribution >= 4 is 29.6 Å². The fourth-order valence-electron chi connectivity index (χ4n) is 1.92. The highest BCUT2D eigenvalue weighted by Gasteiger charge is 2.13. The molecule has 0 saturated heterocycles. The molecule has 0 radical (unpaired) electrons. The molecule has 25 heavy (non-hydrogen) atoms. The average Bonchev–Trinajstić information content (AvgIpc) is 2.85. The van der Waals surface area contributed by atoms with E-state index in [1.54, 1.807) is 33.2 Å². The van der Waals surface area contributed by atoms with E-state index < -0.39 is 5.97 Å². The Morgan fingerprint density at radius 1 is 1.32 bits per heavy atom. The zero-order chi connectivity index (χ0) is 18.6. The lowest BCUT2D eigenvalue weighted by molar-refractivity contribution is -0.146. The van der Waals surface area contributed by atoms with Crippen molar-refractivity contribution in [2.75, 3.05) is 20.7 Å². The third-order valence-electron chi connectivity index (χ3n) is 3.34. The summed E-state index contributed by atoms with van der Waals surface area (Å²) >= 11 is 6.30. The Bertz CT molecular complexity index is 813. The van der Waals surface area contributed by atoms with E-state index in [2.05, 4.69) is 5.10 Å². The number of benzene rings is 1. The van der Waals surface area contributed by atoms with E-state index in [-0.39, 0.29) is 23.5 Å². The lowest BCUT2D eigenvalue weighted by atomic mass is 10.2. The van der Waals surface area contributed by atoms with Crippen molar-refractivity contribution in [2.45, 2.75) is 6.92 Å². The van der Waals surface area contributed by atoms with E-state index in [0.717, 1.165) is 0 Å². The molecule has 0 saturated carbocycles. The number of halogens is 2. The molecule has 2 aromatic rings. The smallest absolute Gasteiger partial charge is 0.331 e. The zero-order valence-electron chi connectivity index (χ0n) is 14.0. The van der Waals surface area contributed by atoms with Crippen LogP contribution in [0.5, 0.6) is 0 Å². The number of rotatable bonds is 5. The molecule has 6 nitrogen and oxygen atoms in total. The van der Waals surface area contributed by atoms with Crippen molar-refractivity contribution in [1.29, 1.82) is 0 Å². The van der Waals surface area contributed by atoms with Crippen LogP contribution in [0.3, 0.4) is 0 Å². The Morgan fingerprint density at radius 3 is 2.56 bits per heavy atom. The quantitative estimate of drug-likeness (QED) is 0.603. The van der Waals surface area contributed by atoms with Crippen molar-refractivity contribution in [3.05, 3.63) is 52.6 Å². The number of aromatic nitrogens is 2. The van der Waals surface area contributed by atoms with E-state index >= 15 is 0 Å². The SMILES string of the molecule is Cc1nn(-c2ccc(F)cc2)c(Cl)c1/C=C/C(=O)OCC(=O)N(C)C. The van der Waals surface area contributed by atoms with Crippen LogP contribution in [0.15, 0.2) is 30.3 Å². The number of nitrogens with zero attached hydrogens (tertiary/aromatic N) is 3. The first-order chi connectivity index (χ1) is 11.8. The number of hydrogen-bond donors (Lipinski definition) is 0. The van der Waals surface area contributed by atoms with E-state index in [1.165, 1.54) is 33.9 Å². The van der Waals surface area contributed by atoms with Gasteiger partial charge in [0.05, 0.1) is 11.4 Å². The van der Waals surface area contributed by atoms with Gasteiger partial charge in [-0.1, -0.05) is 11.6 Å². The van der Waals surface area contributed by atoms with Crippen molar-refractivity contribution in [3.8, 4) is 5.69 Å². The highest BCUT2D eigenvalue weighted by molar-refractivity contribution is 6.31. The van der Waals surface area contributed by atoms with E-state index in [1.807, 2.05) is 0 Å². The molecule has 0 atom stereocenters. The monoisotopic (exact) mass is 365 g/mol. The summed E-state index contributed by atoms with van der Waals surface area (Å²) in [5.74, 6) is -1.35. The number of amides is 1. The number of aryl methyl sites for hydroxylation is 1. The second kappa shape index (κ2) is 7.94. The number of hydrogen-bond acceptors (Lipinski definition) is 4. The molecule has 0 spiro atoms. The fourth-order valence-corrected chi connectivity index (χ4v) is 2.25. The maximum Gasteiger partial charge on any atom is 0.331 e. The first-order valence-corrected chi connectivity index (χ1v) is 7.73. The molecular formula is C17H17ClFN3O3. The molecule has 0 aliphatic carbocycles. The van der Waals surface area contributed by atoms with Gasteiger partial charge in [-0.15, -0.1) is 0 Å². The molecule has 1 aromatic carbocycles. The van der Waals surface area contributed by atoms with Gasteiger partial charge in [-0.3, -0.25) is 4.79 Å². The molecule has 0 N–H and O–H groups in total. The Labute approximate surface area is 149 Å². The number of likely N-dealkylation sites (N-methyl/N-ethyl adjacent to an activating group) is 1. The number of carbonyl (C=O) groups excluding carboxylic acids is 2. The Hall–Kier alpha value is -2.67. The molecule has 1 heterocycles. The third-order valence-corrected chi connectivity index (χ3v) is 3.71. The lowest BCUT2D eigenvalue weighted by Crippen LogP contribution is -2.27. The van der Waals surface area contributed by atoms with E-state index in [0.29, 0.717) is 16.9 Å². The fraction of sp³-hybridized carbons (Fsp3) is 0.235. The van der Waals surface area contributed by atoms with Crippen molar-refractivity contribution in [1.82, 2.24) is 14.7 Å². The molecule has 0 bridgehead atoms. The van der Waals surface area contributed by atoms with Gasteiger partial charge in [-0.25, -0.2) is 13.9 Å². The van der Waals surface area contributed by atoms with Gasteiger partial charge in [-0.05, 0) is 37.3 Å². The molecule has 1 amide bonds. The normalized spacial score (nSPS) is 10.9. The second-order valence-electron chi connectivity index (χ2n) is 5.41. The Kier molecular flexibility index (Phi) is 5.93. The number of carbonyl (C=O) groups is 2. The zero-order valence-corrected chi connectivity index (χ0v) is 14.7. The van der Waals surface area contributed by atoms with Gasteiger partial charge in [0.15, 0.2) is 6.61 Å². The predicted octanol–water partition coefficient (Wildman–Crippen LogP) is 2.62. The van der Waals surface area contributed by atoms with Gasteiger partial charge in [-0.2, -0.15) is 5.10 Å². The minimum absolute atomic E-state index is 0.275. The van der Waals surface area contributed by atoms with Crippen LogP contribution in [-0.4, -0.2) is 47.3 Å². The van der Waals surface area contributed by atoms with Gasteiger partial charge in [0, 0.05) is 25.7 Å². The standard InChI is InChI=1S/C17H17ClFN3O3/c1-11-14(8-9-16(24)25-10-15(23)21(2)3)17(18)22(20-11)13-6-4-12(19)5-7-13/h4-9H,10H2,1-3H3/b9-8+. The van der Waals surface area contributed by atoms with Gasteiger partial charge in [0.2, 0.25) is 0 Å². The summed E-state index contributed by atoms with van der Waals surface area (Å²) in [5, 5.41) is 4.56.